The van der Waals surface area contributed by atoms with Crippen LogP contribution in [0.1, 0.15) is 52.9 Å². The largest absolute Gasteiger partial charge is 0.428 e. The van der Waals surface area contributed by atoms with Crippen LogP contribution in [0, 0.1) is 11.3 Å². The molecule has 0 aromatic rings. The van der Waals surface area contributed by atoms with Gasteiger partial charge in [-0.3, -0.25) is 0 Å². The zero-order chi connectivity index (χ0) is 18.8. The van der Waals surface area contributed by atoms with E-state index in [0.717, 1.165) is 36.0 Å². The number of hydrogen-bond acceptors (Lipinski definition) is 5. The molecule has 2 rings (SSSR count). The number of ether oxygens (including phenoxy) is 1. The Bertz CT molecular complexity index is 599. The Balaban J connectivity index is 1.95. The normalized spacial score (nSPS) is 27.1. The average Bonchev–Trinajstić information content (AvgIpc) is 2.81. The zero-order valence-electron chi connectivity index (χ0n) is 15.4. The van der Waals surface area contributed by atoms with Crippen LogP contribution in [-0.4, -0.2) is 40.3 Å². The molecule has 0 unspecified atom stereocenters. The molecule has 0 saturated carbocycles. The first kappa shape index (κ1) is 19.9. The number of carbonyl (C=O) groups excluding carboxylic acids is 1. The number of carbonyl (C=O) groups is 1. The second-order valence-corrected chi connectivity index (χ2v) is 7.85. The van der Waals surface area contributed by atoms with Gasteiger partial charge < -0.3 is 20.1 Å². The Hall–Kier alpha value is -1.43. The highest BCUT2D eigenvalue weighted by Gasteiger charge is 2.47. The van der Waals surface area contributed by atoms with Crippen LogP contribution in [0.4, 0.5) is 0 Å². The predicted molar refractivity (Wildman–Crippen MR) is 95.5 cm³/mol. The summed E-state index contributed by atoms with van der Waals surface area (Å²) in [6.45, 7) is 9.85. The third-order valence-electron chi connectivity index (χ3n) is 5.54. The number of cyclic esters (lactones) is 1. The van der Waals surface area contributed by atoms with Crippen LogP contribution in [0.15, 0.2) is 34.9 Å². The van der Waals surface area contributed by atoms with E-state index in [0.29, 0.717) is 24.3 Å². The highest BCUT2D eigenvalue weighted by Crippen LogP contribution is 2.50. The van der Waals surface area contributed by atoms with E-state index in [2.05, 4.69) is 6.58 Å². The number of rotatable bonds is 7. The molecule has 5 nitrogen and oxygen atoms in total. The van der Waals surface area contributed by atoms with Gasteiger partial charge in [0.05, 0.1) is 12.7 Å². The number of aliphatic hydroxyl groups is 3. The van der Waals surface area contributed by atoms with Gasteiger partial charge in [0.2, 0.25) is 6.29 Å². The van der Waals surface area contributed by atoms with Crippen LogP contribution in [-0.2, 0) is 9.53 Å². The predicted octanol–water partition coefficient (Wildman–Crippen LogP) is 2.62. The lowest BCUT2D eigenvalue weighted by molar-refractivity contribution is -0.152. The highest BCUT2D eigenvalue weighted by molar-refractivity contribution is 5.93. The Labute approximate surface area is 149 Å². The van der Waals surface area contributed by atoms with Crippen LogP contribution in [0.3, 0.4) is 0 Å². The van der Waals surface area contributed by atoms with Gasteiger partial charge >= 0.3 is 5.97 Å². The van der Waals surface area contributed by atoms with Crippen molar-refractivity contribution < 1.29 is 24.9 Å². The molecule has 25 heavy (non-hydrogen) atoms. The molecule has 1 heterocycles. The summed E-state index contributed by atoms with van der Waals surface area (Å²) < 4.78 is 4.98. The van der Waals surface area contributed by atoms with Gasteiger partial charge in [0.25, 0.3) is 0 Å². The highest BCUT2D eigenvalue weighted by atomic mass is 16.6. The first-order valence-corrected chi connectivity index (χ1v) is 8.92. The SMILES string of the molecule is C=C(CC[C@@H]1CCC2=C(C(=O)O[C@@H]2O)C1(C)C)C[C@H](O)/C=C(\C)CO. The fraction of sp³-hybridized carbons (Fsp3) is 0.650. The maximum atomic E-state index is 12.1. The van der Waals surface area contributed by atoms with Gasteiger partial charge in [0.1, 0.15) is 0 Å². The second-order valence-electron chi connectivity index (χ2n) is 7.85. The molecule has 140 valence electrons. The molecular weight excluding hydrogens is 320 g/mol. The summed E-state index contributed by atoms with van der Waals surface area (Å²) >= 11 is 0. The summed E-state index contributed by atoms with van der Waals surface area (Å²) in [5.41, 5.74) is 2.74. The van der Waals surface area contributed by atoms with Gasteiger partial charge in [-0.2, -0.15) is 0 Å². The summed E-state index contributed by atoms with van der Waals surface area (Å²) in [5.74, 6) is -0.0937. The van der Waals surface area contributed by atoms with Gasteiger partial charge in [-0.25, -0.2) is 4.79 Å². The van der Waals surface area contributed by atoms with Crippen molar-refractivity contribution in [1.82, 2.24) is 0 Å². The third-order valence-corrected chi connectivity index (χ3v) is 5.54. The quantitative estimate of drug-likeness (QED) is 0.485. The minimum Gasteiger partial charge on any atom is -0.428 e. The van der Waals surface area contributed by atoms with Gasteiger partial charge in [0, 0.05) is 11.1 Å². The standard InChI is InChI=1S/C20H30O5/c1-12(9-15(22)10-13(2)11-21)5-6-14-7-8-16-17(20(14,3)4)19(24)25-18(16)23/h10,14-15,18,21-23H,1,5-9,11H2,2-4H3/b13-10+/t14-,15+,18+/m1/s1. The molecule has 3 N–H and O–H groups in total. The van der Waals surface area contributed by atoms with Gasteiger partial charge in [0.15, 0.2) is 0 Å². The molecule has 2 aliphatic rings. The van der Waals surface area contributed by atoms with Gasteiger partial charge in [-0.05, 0) is 55.9 Å². The first-order chi connectivity index (χ1) is 11.7. The molecule has 5 heteroatoms. The van der Waals surface area contributed by atoms with E-state index in [-0.39, 0.29) is 12.0 Å². The minimum atomic E-state index is -1.07. The lowest BCUT2D eigenvalue weighted by Gasteiger charge is -2.39. The summed E-state index contributed by atoms with van der Waals surface area (Å²) in [7, 11) is 0. The van der Waals surface area contributed by atoms with E-state index < -0.39 is 18.4 Å². The van der Waals surface area contributed by atoms with Crippen LogP contribution in [0.5, 0.6) is 0 Å². The fourth-order valence-electron chi connectivity index (χ4n) is 4.03. The molecule has 3 atom stereocenters. The van der Waals surface area contributed by atoms with Crippen LogP contribution in [0.2, 0.25) is 0 Å². The van der Waals surface area contributed by atoms with Crippen LogP contribution < -0.4 is 0 Å². The van der Waals surface area contributed by atoms with Gasteiger partial charge in [-0.1, -0.05) is 32.1 Å². The van der Waals surface area contributed by atoms with Crippen molar-refractivity contribution in [2.24, 2.45) is 11.3 Å². The Morgan fingerprint density at radius 3 is 2.80 bits per heavy atom. The van der Waals surface area contributed by atoms with Crippen molar-refractivity contribution in [2.75, 3.05) is 6.61 Å². The smallest absolute Gasteiger partial charge is 0.337 e. The maximum absolute atomic E-state index is 12.1. The Morgan fingerprint density at radius 2 is 2.16 bits per heavy atom. The van der Waals surface area contributed by atoms with Gasteiger partial charge in [-0.15, -0.1) is 0 Å². The summed E-state index contributed by atoms with van der Waals surface area (Å²) in [6, 6.07) is 0. The summed E-state index contributed by atoms with van der Waals surface area (Å²) in [5, 5.41) is 28.9. The van der Waals surface area contributed by atoms with E-state index >= 15 is 0 Å². The Kier molecular flexibility index (Phi) is 6.25. The molecule has 1 aliphatic heterocycles. The summed E-state index contributed by atoms with van der Waals surface area (Å²) in [4.78, 5) is 12.1. The molecule has 0 saturated heterocycles. The second kappa shape index (κ2) is 7.85. The zero-order valence-corrected chi connectivity index (χ0v) is 15.4. The molecule has 0 spiro atoms. The molecular formula is C20H30O5. The molecule has 0 amide bonds. The van der Waals surface area contributed by atoms with Crippen LogP contribution in [0.25, 0.3) is 0 Å². The van der Waals surface area contributed by atoms with E-state index in [1.54, 1.807) is 13.0 Å². The monoisotopic (exact) mass is 350 g/mol. The van der Waals surface area contributed by atoms with E-state index in [4.69, 9.17) is 9.84 Å². The lowest BCUT2D eigenvalue weighted by Crippen LogP contribution is -2.33. The molecule has 0 fully saturated rings. The third kappa shape index (κ3) is 4.40. The van der Waals surface area contributed by atoms with E-state index in [1.807, 2.05) is 13.8 Å². The Morgan fingerprint density at radius 1 is 1.48 bits per heavy atom. The minimum absolute atomic E-state index is 0.0564. The molecule has 0 radical (unpaired) electrons. The summed E-state index contributed by atoms with van der Waals surface area (Å²) in [6.07, 6.45) is 3.66. The van der Waals surface area contributed by atoms with Crippen molar-refractivity contribution in [3.05, 3.63) is 34.9 Å². The van der Waals surface area contributed by atoms with Crippen molar-refractivity contribution in [1.29, 1.82) is 0 Å². The number of aliphatic hydroxyl groups excluding tert-OH is 3. The molecule has 1 aliphatic carbocycles. The van der Waals surface area contributed by atoms with Crippen molar-refractivity contribution in [3.8, 4) is 0 Å². The first-order valence-electron chi connectivity index (χ1n) is 8.92. The number of hydrogen-bond donors (Lipinski definition) is 3. The van der Waals surface area contributed by atoms with E-state index in [1.165, 1.54) is 0 Å². The fourth-order valence-corrected chi connectivity index (χ4v) is 4.03. The van der Waals surface area contributed by atoms with Crippen LogP contribution >= 0.6 is 0 Å². The average molecular weight is 350 g/mol. The molecule has 0 aromatic heterocycles. The lowest BCUT2D eigenvalue weighted by atomic mass is 9.64. The van der Waals surface area contributed by atoms with Crippen molar-refractivity contribution in [3.63, 3.8) is 0 Å². The van der Waals surface area contributed by atoms with E-state index in [9.17, 15) is 15.0 Å². The van der Waals surface area contributed by atoms with Crippen molar-refractivity contribution >= 4 is 5.97 Å². The number of esters is 1. The molecule has 0 aromatic carbocycles. The topological polar surface area (TPSA) is 87.0 Å². The van der Waals surface area contributed by atoms with Crippen molar-refractivity contribution in [2.45, 2.75) is 65.3 Å². The molecule has 0 bridgehead atoms. The maximum Gasteiger partial charge on any atom is 0.337 e.